The Hall–Kier alpha value is -1.95. The van der Waals surface area contributed by atoms with Crippen LogP contribution in [0.25, 0.3) is 0 Å². The molecule has 0 amide bonds. The summed E-state index contributed by atoms with van der Waals surface area (Å²) in [4.78, 5) is 21.9. The molecule has 1 saturated heterocycles. The number of carboxylic acid groups (broad SMARTS) is 1. The molecule has 6 heteroatoms. The van der Waals surface area contributed by atoms with Gasteiger partial charge >= 0.3 is 12.0 Å². The molecule has 1 aliphatic rings. The number of carboxylic acids is 1. The first-order chi connectivity index (χ1) is 11.6. The predicted octanol–water partition coefficient (Wildman–Crippen LogP) is 2.55. The van der Waals surface area contributed by atoms with Crippen molar-refractivity contribution in [2.75, 3.05) is 19.6 Å². The number of nitrogens with zero attached hydrogens (tertiary/aromatic N) is 3. The van der Waals surface area contributed by atoms with Crippen LogP contribution in [-0.2, 0) is 11.2 Å². The molecule has 0 bridgehead atoms. The lowest BCUT2D eigenvalue weighted by molar-refractivity contribution is -0.143. The topological polar surface area (TPSA) is 75.6 Å². The molecule has 0 aliphatic carbocycles. The van der Waals surface area contributed by atoms with Gasteiger partial charge < -0.3 is 9.84 Å². The molecule has 0 aromatic carbocycles. The molecule has 0 radical (unpaired) electrons. The first-order valence-electron chi connectivity index (χ1n) is 8.66. The van der Waals surface area contributed by atoms with Crippen molar-refractivity contribution in [3.8, 4) is 6.01 Å². The van der Waals surface area contributed by atoms with Crippen molar-refractivity contribution in [2.45, 2.75) is 45.1 Å². The highest BCUT2D eigenvalue weighted by Crippen LogP contribution is 2.19. The molecule has 1 unspecified atom stereocenters. The highest BCUT2D eigenvalue weighted by molar-refractivity contribution is 5.70. The summed E-state index contributed by atoms with van der Waals surface area (Å²) in [6, 6.07) is 0.404. The maximum absolute atomic E-state index is 11.0. The van der Waals surface area contributed by atoms with Crippen LogP contribution in [-0.4, -0.2) is 51.7 Å². The number of piperidine rings is 1. The number of hydrogen-bond acceptors (Lipinski definition) is 5. The number of likely N-dealkylation sites (tertiary alicyclic amines) is 1. The van der Waals surface area contributed by atoms with E-state index in [9.17, 15) is 4.79 Å². The number of hydrogen-bond donors (Lipinski definition) is 1. The third kappa shape index (κ3) is 5.60. The average Bonchev–Trinajstić information content (AvgIpc) is 2.60. The van der Waals surface area contributed by atoms with Gasteiger partial charge in [-0.05, 0) is 50.8 Å². The molecular weight excluding hydrogens is 306 g/mol. The van der Waals surface area contributed by atoms with Gasteiger partial charge in [-0.1, -0.05) is 13.0 Å². The number of carbonyl (C=O) groups is 1. The van der Waals surface area contributed by atoms with Crippen molar-refractivity contribution < 1.29 is 14.6 Å². The molecule has 1 fully saturated rings. The van der Waals surface area contributed by atoms with Gasteiger partial charge in [-0.2, -0.15) is 0 Å². The highest BCUT2D eigenvalue weighted by atomic mass is 16.5. The molecule has 1 N–H and O–H groups in total. The molecule has 0 saturated carbocycles. The van der Waals surface area contributed by atoms with Crippen molar-refractivity contribution in [3.05, 3.63) is 30.6 Å². The standard InChI is InChI=1S/C18H27N3O3/c1-3-5-6-16(24-18-19-11-14(4-2)12-20-18)13-21-9-7-15(8-10-21)17(22)23/h3,11-12,15-16H,1,4-10,13H2,2H3,(H,22,23). The summed E-state index contributed by atoms with van der Waals surface area (Å²) < 4.78 is 5.97. The minimum absolute atomic E-state index is 0.0168. The lowest BCUT2D eigenvalue weighted by Gasteiger charge is -2.32. The Morgan fingerprint density at radius 3 is 2.67 bits per heavy atom. The molecule has 6 nitrogen and oxygen atoms in total. The van der Waals surface area contributed by atoms with E-state index in [2.05, 4.69) is 28.4 Å². The van der Waals surface area contributed by atoms with E-state index in [4.69, 9.17) is 9.84 Å². The fourth-order valence-electron chi connectivity index (χ4n) is 2.88. The molecule has 1 atom stereocenters. The Labute approximate surface area is 143 Å². The summed E-state index contributed by atoms with van der Waals surface area (Å²) in [5.74, 6) is -0.891. The van der Waals surface area contributed by atoms with Crippen LogP contribution in [0.4, 0.5) is 0 Å². The molecule has 1 aliphatic heterocycles. The van der Waals surface area contributed by atoms with E-state index in [1.54, 1.807) is 12.4 Å². The van der Waals surface area contributed by atoms with Crippen molar-refractivity contribution in [2.24, 2.45) is 5.92 Å². The second-order valence-corrected chi connectivity index (χ2v) is 6.25. The van der Waals surface area contributed by atoms with Crippen LogP contribution in [0.5, 0.6) is 6.01 Å². The van der Waals surface area contributed by atoms with E-state index in [0.29, 0.717) is 18.9 Å². The average molecular weight is 333 g/mol. The van der Waals surface area contributed by atoms with Gasteiger partial charge in [0.25, 0.3) is 0 Å². The van der Waals surface area contributed by atoms with E-state index in [-0.39, 0.29) is 12.0 Å². The van der Waals surface area contributed by atoms with Crippen LogP contribution in [0.3, 0.4) is 0 Å². The first kappa shape index (κ1) is 18.4. The zero-order chi connectivity index (χ0) is 17.4. The van der Waals surface area contributed by atoms with Crippen LogP contribution in [0.15, 0.2) is 25.0 Å². The van der Waals surface area contributed by atoms with Gasteiger partial charge in [0, 0.05) is 18.9 Å². The zero-order valence-electron chi connectivity index (χ0n) is 14.4. The van der Waals surface area contributed by atoms with Crippen LogP contribution in [0.2, 0.25) is 0 Å². The molecule has 0 spiro atoms. The van der Waals surface area contributed by atoms with Crippen LogP contribution in [0.1, 0.15) is 38.2 Å². The fourth-order valence-corrected chi connectivity index (χ4v) is 2.88. The van der Waals surface area contributed by atoms with Crippen molar-refractivity contribution in [1.29, 1.82) is 0 Å². The minimum Gasteiger partial charge on any atom is -0.481 e. The van der Waals surface area contributed by atoms with Crippen molar-refractivity contribution in [1.82, 2.24) is 14.9 Å². The predicted molar refractivity (Wildman–Crippen MR) is 92.1 cm³/mol. The molecule has 2 rings (SSSR count). The largest absolute Gasteiger partial charge is 0.481 e. The Kier molecular flexibility index (Phi) is 7.18. The number of aryl methyl sites for hydroxylation is 1. The number of allylic oxidation sites excluding steroid dienone is 1. The van der Waals surface area contributed by atoms with Crippen LogP contribution in [0, 0.1) is 5.92 Å². The fraction of sp³-hybridized carbons (Fsp3) is 0.611. The van der Waals surface area contributed by atoms with Gasteiger partial charge in [0.05, 0.1) is 5.92 Å². The first-order valence-corrected chi connectivity index (χ1v) is 8.66. The maximum Gasteiger partial charge on any atom is 0.316 e. The van der Waals surface area contributed by atoms with Gasteiger partial charge in [-0.15, -0.1) is 6.58 Å². The summed E-state index contributed by atoms with van der Waals surface area (Å²) in [6.07, 6.45) is 9.47. The summed E-state index contributed by atoms with van der Waals surface area (Å²) >= 11 is 0. The lowest BCUT2D eigenvalue weighted by atomic mass is 9.97. The van der Waals surface area contributed by atoms with Gasteiger partial charge in [-0.3, -0.25) is 9.69 Å². The van der Waals surface area contributed by atoms with Gasteiger partial charge in [-0.25, -0.2) is 9.97 Å². The van der Waals surface area contributed by atoms with Crippen LogP contribution >= 0.6 is 0 Å². The lowest BCUT2D eigenvalue weighted by Crippen LogP contribution is -2.42. The minimum atomic E-state index is -0.682. The quantitative estimate of drug-likeness (QED) is 0.700. The molecule has 1 aromatic rings. The molecule has 2 heterocycles. The van der Waals surface area contributed by atoms with E-state index in [1.165, 1.54) is 0 Å². The van der Waals surface area contributed by atoms with Crippen molar-refractivity contribution >= 4 is 5.97 Å². The van der Waals surface area contributed by atoms with Crippen molar-refractivity contribution in [3.63, 3.8) is 0 Å². The summed E-state index contributed by atoms with van der Waals surface area (Å²) in [7, 11) is 0. The summed E-state index contributed by atoms with van der Waals surface area (Å²) in [6.45, 7) is 8.18. The van der Waals surface area contributed by atoms with Gasteiger partial charge in [0.15, 0.2) is 0 Å². The molecule has 24 heavy (non-hydrogen) atoms. The van der Waals surface area contributed by atoms with E-state index < -0.39 is 5.97 Å². The Morgan fingerprint density at radius 1 is 1.46 bits per heavy atom. The van der Waals surface area contributed by atoms with E-state index in [1.807, 2.05) is 6.08 Å². The second-order valence-electron chi connectivity index (χ2n) is 6.25. The smallest absolute Gasteiger partial charge is 0.316 e. The normalized spacial score (nSPS) is 17.4. The third-order valence-corrected chi connectivity index (χ3v) is 4.45. The summed E-state index contributed by atoms with van der Waals surface area (Å²) in [5.41, 5.74) is 1.08. The molecular formula is C18H27N3O3. The Bertz CT molecular complexity index is 525. The molecule has 132 valence electrons. The van der Waals surface area contributed by atoms with Gasteiger partial charge in [0.1, 0.15) is 6.10 Å². The third-order valence-electron chi connectivity index (χ3n) is 4.45. The number of rotatable bonds is 9. The Morgan fingerprint density at radius 2 is 2.12 bits per heavy atom. The molecule has 1 aromatic heterocycles. The maximum atomic E-state index is 11.0. The van der Waals surface area contributed by atoms with Gasteiger partial charge in [0.2, 0.25) is 0 Å². The number of aromatic nitrogens is 2. The van der Waals surface area contributed by atoms with E-state index in [0.717, 1.165) is 44.5 Å². The summed E-state index contributed by atoms with van der Waals surface area (Å²) in [5, 5.41) is 9.09. The SMILES string of the molecule is C=CCCC(CN1CCC(C(=O)O)CC1)Oc1ncc(CC)cn1. The van der Waals surface area contributed by atoms with Crippen LogP contribution < -0.4 is 4.74 Å². The zero-order valence-corrected chi connectivity index (χ0v) is 14.4. The second kappa shape index (κ2) is 9.37. The highest BCUT2D eigenvalue weighted by Gasteiger charge is 2.26. The monoisotopic (exact) mass is 333 g/mol. The Balaban J connectivity index is 1.90. The number of ether oxygens (including phenoxy) is 1. The van der Waals surface area contributed by atoms with E-state index >= 15 is 0 Å². The number of aliphatic carboxylic acids is 1.